The topological polar surface area (TPSA) is 29.1 Å². The summed E-state index contributed by atoms with van der Waals surface area (Å²) in [5.41, 5.74) is 1.22. The Kier molecular flexibility index (Phi) is 4.93. The Bertz CT molecular complexity index is 655. The molecule has 5 heteroatoms. The van der Waals surface area contributed by atoms with Crippen LogP contribution in [0.4, 0.5) is 10.1 Å². The van der Waals surface area contributed by atoms with Crippen LogP contribution in [-0.4, -0.2) is 5.78 Å². The van der Waals surface area contributed by atoms with Gasteiger partial charge >= 0.3 is 0 Å². The summed E-state index contributed by atoms with van der Waals surface area (Å²) in [6.45, 7) is 0. The van der Waals surface area contributed by atoms with Crippen molar-refractivity contribution in [3.63, 3.8) is 0 Å². The summed E-state index contributed by atoms with van der Waals surface area (Å²) < 4.78 is 13.5. The van der Waals surface area contributed by atoms with Gasteiger partial charge in [0.2, 0.25) is 0 Å². The molecule has 2 aromatic carbocycles. The summed E-state index contributed by atoms with van der Waals surface area (Å²) in [6, 6.07) is 10.9. The average molecular weight is 355 g/mol. The van der Waals surface area contributed by atoms with Crippen molar-refractivity contribution in [2.75, 3.05) is 5.32 Å². The number of benzene rings is 2. The third kappa shape index (κ3) is 3.92. The molecule has 0 atom stereocenters. The molecule has 0 aliphatic heterocycles. The zero-order chi connectivity index (χ0) is 14.5. The summed E-state index contributed by atoms with van der Waals surface area (Å²) in [4.78, 5) is 11.8. The molecule has 2 rings (SSSR count). The number of ketones is 1. The van der Waals surface area contributed by atoms with Gasteiger partial charge in [-0.1, -0.05) is 11.6 Å². The molecule has 0 saturated heterocycles. The van der Waals surface area contributed by atoms with Gasteiger partial charge in [-0.2, -0.15) is 0 Å². The summed E-state index contributed by atoms with van der Waals surface area (Å²) in [6.07, 6.45) is 2.91. The second-order valence-electron chi connectivity index (χ2n) is 3.97. The smallest absolute Gasteiger partial charge is 0.187 e. The van der Waals surface area contributed by atoms with E-state index in [0.717, 1.165) is 0 Å². The molecule has 0 aromatic heterocycles. The van der Waals surface area contributed by atoms with Crippen LogP contribution in [0.2, 0.25) is 5.02 Å². The van der Waals surface area contributed by atoms with E-state index in [1.54, 1.807) is 30.3 Å². The van der Waals surface area contributed by atoms with Gasteiger partial charge in [0.1, 0.15) is 5.82 Å². The third-order valence-electron chi connectivity index (χ3n) is 2.53. The van der Waals surface area contributed by atoms with Crippen LogP contribution in [0.3, 0.4) is 0 Å². The van der Waals surface area contributed by atoms with Crippen LogP contribution in [0.25, 0.3) is 0 Å². The number of carbonyl (C=O) groups excluding carboxylic acids is 1. The monoisotopic (exact) mass is 353 g/mol. The van der Waals surface area contributed by atoms with Gasteiger partial charge in [-0.25, -0.2) is 4.39 Å². The van der Waals surface area contributed by atoms with E-state index in [2.05, 4.69) is 21.2 Å². The molecule has 0 aliphatic rings. The molecule has 2 nitrogen and oxygen atoms in total. The van der Waals surface area contributed by atoms with E-state index in [4.69, 9.17) is 11.6 Å². The first-order valence-corrected chi connectivity index (χ1v) is 6.91. The lowest BCUT2D eigenvalue weighted by atomic mass is 10.1. The highest BCUT2D eigenvalue weighted by Crippen LogP contribution is 2.22. The SMILES string of the molecule is O=C(C=CNc1ccc(F)cc1Br)c1ccc(Cl)cc1. The number of hydrogen-bond donors (Lipinski definition) is 1. The Hall–Kier alpha value is -1.65. The highest BCUT2D eigenvalue weighted by atomic mass is 79.9. The van der Waals surface area contributed by atoms with Crippen LogP contribution in [0.1, 0.15) is 10.4 Å². The Morgan fingerprint density at radius 2 is 1.90 bits per heavy atom. The maximum absolute atomic E-state index is 12.9. The van der Waals surface area contributed by atoms with Gasteiger partial charge in [0.05, 0.1) is 5.69 Å². The van der Waals surface area contributed by atoms with Gasteiger partial charge in [0.25, 0.3) is 0 Å². The zero-order valence-corrected chi connectivity index (χ0v) is 12.6. The summed E-state index contributed by atoms with van der Waals surface area (Å²) >= 11 is 8.98. The third-order valence-corrected chi connectivity index (χ3v) is 3.44. The average Bonchev–Trinajstić information content (AvgIpc) is 2.42. The Morgan fingerprint density at radius 1 is 1.20 bits per heavy atom. The number of anilines is 1. The molecule has 0 aliphatic carbocycles. The molecule has 0 spiro atoms. The van der Waals surface area contributed by atoms with E-state index in [1.807, 2.05) is 0 Å². The maximum atomic E-state index is 12.9. The summed E-state index contributed by atoms with van der Waals surface area (Å²) in [5, 5.41) is 3.49. The first-order valence-electron chi connectivity index (χ1n) is 5.74. The lowest BCUT2D eigenvalue weighted by molar-refractivity contribution is 0.104. The second kappa shape index (κ2) is 6.68. The van der Waals surface area contributed by atoms with Gasteiger partial charge in [-0.15, -0.1) is 0 Å². The van der Waals surface area contributed by atoms with Crippen LogP contribution < -0.4 is 5.32 Å². The molecule has 0 unspecified atom stereocenters. The zero-order valence-electron chi connectivity index (χ0n) is 10.2. The van der Waals surface area contributed by atoms with E-state index in [0.29, 0.717) is 20.7 Å². The second-order valence-corrected chi connectivity index (χ2v) is 5.26. The molecule has 0 heterocycles. The van der Waals surface area contributed by atoms with Gasteiger partial charge < -0.3 is 5.32 Å². The predicted molar refractivity (Wildman–Crippen MR) is 82.6 cm³/mol. The minimum atomic E-state index is -0.330. The normalized spacial score (nSPS) is 10.8. The van der Waals surface area contributed by atoms with Crippen molar-refractivity contribution in [3.05, 3.63) is 75.6 Å². The molecule has 0 fully saturated rings. The van der Waals surface area contributed by atoms with Crippen molar-refractivity contribution in [2.24, 2.45) is 0 Å². The van der Waals surface area contributed by atoms with Crippen molar-refractivity contribution in [1.29, 1.82) is 0 Å². The highest BCUT2D eigenvalue weighted by Gasteiger charge is 2.02. The highest BCUT2D eigenvalue weighted by molar-refractivity contribution is 9.10. The molecule has 0 saturated carbocycles. The molecule has 0 amide bonds. The number of hydrogen-bond acceptors (Lipinski definition) is 2. The van der Waals surface area contributed by atoms with Gasteiger partial charge in [0, 0.05) is 27.3 Å². The number of halogens is 3. The maximum Gasteiger partial charge on any atom is 0.187 e. The van der Waals surface area contributed by atoms with Crippen LogP contribution in [0.5, 0.6) is 0 Å². The van der Waals surface area contributed by atoms with Crippen LogP contribution in [0.15, 0.2) is 59.2 Å². The van der Waals surface area contributed by atoms with E-state index in [-0.39, 0.29) is 11.6 Å². The number of rotatable bonds is 4. The van der Waals surface area contributed by atoms with Gasteiger partial charge in [0.15, 0.2) is 5.78 Å². The lowest BCUT2D eigenvalue weighted by Gasteiger charge is -2.03. The van der Waals surface area contributed by atoms with E-state index < -0.39 is 0 Å². The number of carbonyl (C=O) groups is 1. The van der Waals surface area contributed by atoms with Gasteiger partial charge in [-0.05, 0) is 58.4 Å². The first-order chi connectivity index (χ1) is 9.56. The minimum absolute atomic E-state index is 0.146. The van der Waals surface area contributed by atoms with Gasteiger partial charge in [-0.3, -0.25) is 4.79 Å². The molecular weight excluding hydrogens is 345 g/mol. The first kappa shape index (κ1) is 14.8. The Labute approximate surface area is 129 Å². The summed E-state index contributed by atoms with van der Waals surface area (Å²) in [7, 11) is 0. The predicted octanol–water partition coefficient (Wildman–Crippen LogP) is 5.05. The van der Waals surface area contributed by atoms with Crippen molar-refractivity contribution < 1.29 is 9.18 Å². The number of nitrogens with one attached hydrogen (secondary N) is 1. The van der Waals surface area contributed by atoms with Crippen molar-refractivity contribution >= 4 is 39.0 Å². The van der Waals surface area contributed by atoms with E-state index in [9.17, 15) is 9.18 Å². The fraction of sp³-hybridized carbons (Fsp3) is 0. The fourth-order valence-electron chi connectivity index (χ4n) is 1.52. The lowest BCUT2D eigenvalue weighted by Crippen LogP contribution is -1.96. The Balaban J connectivity index is 2.02. The van der Waals surface area contributed by atoms with Crippen molar-refractivity contribution in [1.82, 2.24) is 0 Å². The molecule has 0 radical (unpaired) electrons. The molecule has 1 N–H and O–H groups in total. The van der Waals surface area contributed by atoms with Crippen LogP contribution in [0, 0.1) is 5.82 Å². The van der Waals surface area contributed by atoms with Crippen molar-refractivity contribution in [3.8, 4) is 0 Å². The molecule has 0 bridgehead atoms. The van der Waals surface area contributed by atoms with Crippen molar-refractivity contribution in [2.45, 2.75) is 0 Å². The molecule has 20 heavy (non-hydrogen) atoms. The molecular formula is C15H10BrClFNO. The fourth-order valence-corrected chi connectivity index (χ4v) is 2.12. The number of allylic oxidation sites excluding steroid dienone is 1. The summed E-state index contributed by atoms with van der Waals surface area (Å²) in [5.74, 6) is -0.476. The Morgan fingerprint density at radius 3 is 2.55 bits per heavy atom. The van der Waals surface area contributed by atoms with Crippen LogP contribution >= 0.6 is 27.5 Å². The molecule has 102 valence electrons. The van der Waals surface area contributed by atoms with Crippen LogP contribution in [-0.2, 0) is 0 Å². The molecule has 2 aromatic rings. The standard InChI is InChI=1S/C15H10BrClFNO/c16-13-9-12(18)5-6-14(13)19-8-7-15(20)10-1-3-11(17)4-2-10/h1-9,19H. The van der Waals surface area contributed by atoms with E-state index >= 15 is 0 Å². The largest absolute Gasteiger partial charge is 0.361 e. The van der Waals surface area contributed by atoms with E-state index in [1.165, 1.54) is 24.4 Å². The quantitative estimate of drug-likeness (QED) is 0.615. The minimum Gasteiger partial charge on any atom is -0.361 e.